The highest BCUT2D eigenvalue weighted by Gasteiger charge is 2.42. The first-order chi connectivity index (χ1) is 9.82. The van der Waals surface area contributed by atoms with Gasteiger partial charge in [-0.25, -0.2) is 0 Å². The Kier molecular flexibility index (Phi) is 4.34. The summed E-state index contributed by atoms with van der Waals surface area (Å²) in [6.07, 6.45) is 4.23. The molecular formula is C15H23N3O3. The first kappa shape index (κ1) is 15.5. The van der Waals surface area contributed by atoms with E-state index in [0.717, 1.165) is 5.56 Å². The van der Waals surface area contributed by atoms with Crippen LogP contribution in [0.15, 0.2) is 12.4 Å². The van der Waals surface area contributed by atoms with Crippen molar-refractivity contribution in [2.75, 3.05) is 0 Å². The van der Waals surface area contributed by atoms with E-state index in [1.54, 1.807) is 15.8 Å². The van der Waals surface area contributed by atoms with Gasteiger partial charge in [-0.3, -0.25) is 14.3 Å². The summed E-state index contributed by atoms with van der Waals surface area (Å²) in [6, 6.07) is -0.267. The molecule has 1 aliphatic heterocycles. The lowest BCUT2D eigenvalue weighted by molar-refractivity contribution is -0.153. The summed E-state index contributed by atoms with van der Waals surface area (Å²) in [5, 5.41) is 13.8. The summed E-state index contributed by atoms with van der Waals surface area (Å²) in [5.74, 6) is -1.41. The zero-order valence-corrected chi connectivity index (χ0v) is 13.0. The van der Waals surface area contributed by atoms with Gasteiger partial charge >= 0.3 is 5.97 Å². The average Bonchev–Trinajstić information content (AvgIpc) is 2.86. The summed E-state index contributed by atoms with van der Waals surface area (Å²) in [4.78, 5) is 25.5. The van der Waals surface area contributed by atoms with Crippen molar-refractivity contribution >= 4 is 11.9 Å². The van der Waals surface area contributed by atoms with Gasteiger partial charge < -0.3 is 10.0 Å². The molecule has 2 atom stereocenters. The van der Waals surface area contributed by atoms with Crippen LogP contribution in [0.4, 0.5) is 0 Å². The molecule has 2 rings (SSSR count). The molecule has 6 nitrogen and oxygen atoms in total. The van der Waals surface area contributed by atoms with Gasteiger partial charge in [0.15, 0.2) is 0 Å². The average molecular weight is 293 g/mol. The predicted molar refractivity (Wildman–Crippen MR) is 77.7 cm³/mol. The third-order valence-electron chi connectivity index (χ3n) is 4.00. The number of nitrogens with zero attached hydrogens (tertiary/aromatic N) is 3. The first-order valence-corrected chi connectivity index (χ1v) is 7.41. The molecule has 1 aromatic heterocycles. The van der Waals surface area contributed by atoms with Gasteiger partial charge in [-0.15, -0.1) is 0 Å². The standard InChI is InChI=1S/C15H23N3O3/c1-9(2)17-8-11(7-16-17)14-12(15(20)21)5-6-13(19)18(14)10(3)4/h7-10,12,14H,5-6H2,1-4H3,(H,20,21). The zero-order valence-electron chi connectivity index (χ0n) is 13.0. The fraction of sp³-hybridized carbons (Fsp3) is 0.667. The molecule has 6 heteroatoms. The fourth-order valence-corrected chi connectivity index (χ4v) is 2.96. The van der Waals surface area contributed by atoms with Gasteiger partial charge in [-0.2, -0.15) is 5.10 Å². The number of hydrogen-bond acceptors (Lipinski definition) is 3. The Morgan fingerprint density at radius 2 is 2.00 bits per heavy atom. The molecular weight excluding hydrogens is 270 g/mol. The van der Waals surface area contributed by atoms with Crippen molar-refractivity contribution in [2.45, 2.75) is 58.7 Å². The van der Waals surface area contributed by atoms with Gasteiger partial charge in [0.05, 0.1) is 18.2 Å². The monoisotopic (exact) mass is 293 g/mol. The number of aliphatic carboxylic acids is 1. The van der Waals surface area contributed by atoms with E-state index in [-0.39, 0.29) is 18.0 Å². The largest absolute Gasteiger partial charge is 0.481 e. The summed E-state index contributed by atoms with van der Waals surface area (Å²) < 4.78 is 1.80. The molecule has 0 saturated carbocycles. The fourth-order valence-electron chi connectivity index (χ4n) is 2.96. The van der Waals surface area contributed by atoms with Crippen LogP contribution in [0.2, 0.25) is 0 Å². The molecule has 1 fully saturated rings. The van der Waals surface area contributed by atoms with Crippen LogP contribution in [0.1, 0.15) is 58.2 Å². The van der Waals surface area contributed by atoms with Crippen LogP contribution in [0.3, 0.4) is 0 Å². The van der Waals surface area contributed by atoms with Crippen LogP contribution in [0.25, 0.3) is 0 Å². The van der Waals surface area contributed by atoms with E-state index in [4.69, 9.17) is 0 Å². The second-order valence-corrected chi connectivity index (χ2v) is 6.17. The van der Waals surface area contributed by atoms with Gasteiger partial charge in [-0.05, 0) is 34.1 Å². The smallest absolute Gasteiger partial charge is 0.308 e. The maximum atomic E-state index is 12.2. The van der Waals surface area contributed by atoms with Crippen molar-refractivity contribution in [1.82, 2.24) is 14.7 Å². The van der Waals surface area contributed by atoms with Crippen LogP contribution in [-0.4, -0.2) is 37.7 Å². The maximum Gasteiger partial charge on any atom is 0.308 e. The molecule has 21 heavy (non-hydrogen) atoms. The van der Waals surface area contributed by atoms with Crippen LogP contribution < -0.4 is 0 Å². The molecule has 0 radical (unpaired) electrons. The van der Waals surface area contributed by atoms with Crippen LogP contribution >= 0.6 is 0 Å². The highest BCUT2D eigenvalue weighted by molar-refractivity contribution is 5.82. The third kappa shape index (κ3) is 2.94. The van der Waals surface area contributed by atoms with Crippen molar-refractivity contribution in [1.29, 1.82) is 0 Å². The molecule has 0 aromatic carbocycles. The minimum atomic E-state index is -0.851. The van der Waals surface area contributed by atoms with Gasteiger partial charge in [0, 0.05) is 30.3 Å². The molecule has 1 aromatic rings. The van der Waals surface area contributed by atoms with Gasteiger partial charge in [0.1, 0.15) is 0 Å². The minimum absolute atomic E-state index is 0.0183. The van der Waals surface area contributed by atoms with Crippen LogP contribution in [0.5, 0.6) is 0 Å². The number of carbonyl (C=O) groups is 2. The Hall–Kier alpha value is -1.85. The number of carbonyl (C=O) groups excluding carboxylic acids is 1. The number of aromatic nitrogens is 2. The van der Waals surface area contributed by atoms with Gasteiger partial charge in [0.25, 0.3) is 0 Å². The maximum absolute atomic E-state index is 12.2. The van der Waals surface area contributed by atoms with E-state index in [1.165, 1.54) is 0 Å². The van der Waals surface area contributed by atoms with E-state index >= 15 is 0 Å². The Balaban J connectivity index is 2.43. The Morgan fingerprint density at radius 1 is 1.33 bits per heavy atom. The van der Waals surface area contributed by atoms with Crippen molar-refractivity contribution < 1.29 is 14.7 Å². The number of carboxylic acid groups (broad SMARTS) is 1. The van der Waals surface area contributed by atoms with Crippen molar-refractivity contribution in [3.05, 3.63) is 18.0 Å². The van der Waals surface area contributed by atoms with Gasteiger partial charge in [0.2, 0.25) is 5.91 Å². The van der Waals surface area contributed by atoms with Crippen LogP contribution in [0, 0.1) is 5.92 Å². The van der Waals surface area contributed by atoms with E-state index in [2.05, 4.69) is 5.10 Å². The van der Waals surface area contributed by atoms with E-state index in [0.29, 0.717) is 12.8 Å². The topological polar surface area (TPSA) is 75.4 Å². The lowest BCUT2D eigenvalue weighted by atomic mass is 9.84. The second kappa shape index (κ2) is 5.87. The summed E-state index contributed by atoms with van der Waals surface area (Å²) in [5.41, 5.74) is 0.804. The van der Waals surface area contributed by atoms with E-state index in [1.807, 2.05) is 33.9 Å². The SMILES string of the molecule is CC(C)N1C(=O)CCC(C(=O)O)C1c1cnn(C(C)C)c1. The molecule has 2 unspecified atom stereocenters. The highest BCUT2D eigenvalue weighted by Crippen LogP contribution is 2.38. The van der Waals surface area contributed by atoms with Crippen LogP contribution in [-0.2, 0) is 9.59 Å². The van der Waals surface area contributed by atoms with Gasteiger partial charge in [-0.1, -0.05) is 0 Å². The quantitative estimate of drug-likeness (QED) is 0.923. The molecule has 1 amide bonds. The summed E-state index contributed by atoms with van der Waals surface area (Å²) in [7, 11) is 0. The Labute approximate surface area is 124 Å². The van der Waals surface area contributed by atoms with E-state index in [9.17, 15) is 14.7 Å². The summed E-state index contributed by atoms with van der Waals surface area (Å²) in [6.45, 7) is 7.86. The zero-order chi connectivity index (χ0) is 15.7. The molecule has 1 N–H and O–H groups in total. The minimum Gasteiger partial charge on any atom is -0.481 e. The number of carboxylic acids is 1. The molecule has 2 heterocycles. The third-order valence-corrected chi connectivity index (χ3v) is 4.00. The van der Waals surface area contributed by atoms with Crippen molar-refractivity contribution in [3.8, 4) is 0 Å². The highest BCUT2D eigenvalue weighted by atomic mass is 16.4. The molecule has 116 valence electrons. The predicted octanol–water partition coefficient (Wildman–Crippen LogP) is 2.24. The number of piperidine rings is 1. The number of likely N-dealkylation sites (tertiary alicyclic amines) is 1. The van der Waals surface area contributed by atoms with Crippen molar-refractivity contribution in [3.63, 3.8) is 0 Å². The molecule has 0 spiro atoms. The summed E-state index contributed by atoms with van der Waals surface area (Å²) >= 11 is 0. The molecule has 0 aliphatic carbocycles. The Morgan fingerprint density at radius 3 is 2.48 bits per heavy atom. The number of hydrogen-bond donors (Lipinski definition) is 1. The molecule has 0 bridgehead atoms. The lowest BCUT2D eigenvalue weighted by Crippen LogP contribution is -2.48. The lowest BCUT2D eigenvalue weighted by Gasteiger charge is -2.41. The second-order valence-electron chi connectivity index (χ2n) is 6.17. The number of rotatable bonds is 4. The van der Waals surface area contributed by atoms with Crippen molar-refractivity contribution in [2.24, 2.45) is 5.92 Å². The molecule has 1 saturated heterocycles. The number of amides is 1. The Bertz CT molecular complexity index is 536. The first-order valence-electron chi connectivity index (χ1n) is 7.41. The molecule has 1 aliphatic rings. The normalized spacial score (nSPS) is 23.1. The van der Waals surface area contributed by atoms with E-state index < -0.39 is 17.9 Å².